The smallest absolute Gasteiger partial charge is 0.211 e. The van der Waals surface area contributed by atoms with Crippen LogP contribution in [0, 0.1) is 11.7 Å². The zero-order valence-corrected chi connectivity index (χ0v) is 19.4. The van der Waals surface area contributed by atoms with E-state index in [4.69, 9.17) is 0 Å². The monoisotopic (exact) mass is 405 g/mol. The molecule has 4 nitrogen and oxygen atoms in total. The van der Waals surface area contributed by atoms with Crippen LogP contribution in [0.15, 0.2) is 48.8 Å². The molecule has 0 bridgehead atoms. The molecule has 5 heteroatoms. The van der Waals surface area contributed by atoms with Crippen molar-refractivity contribution in [3.05, 3.63) is 65.9 Å². The first-order valence-electron chi connectivity index (χ1n) is 10.4. The van der Waals surface area contributed by atoms with Crippen molar-refractivity contribution >= 4 is 6.41 Å². The van der Waals surface area contributed by atoms with Gasteiger partial charge in [-0.05, 0) is 37.1 Å². The number of carbonyl (C=O) groups is 1. The Morgan fingerprint density at radius 3 is 2.45 bits per heavy atom. The van der Waals surface area contributed by atoms with Crippen molar-refractivity contribution in [1.82, 2.24) is 15.2 Å². The summed E-state index contributed by atoms with van der Waals surface area (Å²) < 4.78 is 12.6. The molecule has 0 aliphatic carbocycles. The van der Waals surface area contributed by atoms with Gasteiger partial charge in [-0.25, -0.2) is 4.39 Å². The Labute approximate surface area is 177 Å². The van der Waals surface area contributed by atoms with Crippen LogP contribution >= 0.6 is 0 Å². The molecule has 0 spiro atoms. The van der Waals surface area contributed by atoms with E-state index in [0.29, 0.717) is 18.0 Å². The fourth-order valence-electron chi connectivity index (χ4n) is 2.51. The van der Waals surface area contributed by atoms with Crippen LogP contribution in [0.4, 0.5) is 4.39 Å². The summed E-state index contributed by atoms with van der Waals surface area (Å²) in [5, 5.41) is 2.47. The molecule has 0 radical (unpaired) electrons. The van der Waals surface area contributed by atoms with E-state index >= 15 is 0 Å². The van der Waals surface area contributed by atoms with Gasteiger partial charge >= 0.3 is 0 Å². The molecule has 1 unspecified atom stereocenters. The summed E-state index contributed by atoms with van der Waals surface area (Å²) in [6.45, 7) is 21.6. The number of fused-ring (bicyclic) bond motifs is 1. The van der Waals surface area contributed by atoms with Crippen molar-refractivity contribution in [2.45, 2.75) is 67.5 Å². The lowest BCUT2D eigenvalue weighted by Gasteiger charge is -2.09. The number of nitrogens with zero attached hydrogens (tertiary/aromatic N) is 2. The zero-order chi connectivity index (χ0) is 22.8. The quantitative estimate of drug-likeness (QED) is 0.446. The van der Waals surface area contributed by atoms with E-state index in [1.807, 2.05) is 40.8 Å². The lowest BCUT2D eigenvalue weighted by Crippen LogP contribution is -2.07. The average molecular weight is 406 g/mol. The van der Waals surface area contributed by atoms with Gasteiger partial charge in [0, 0.05) is 18.8 Å². The number of carbonyl (C=O) groups excluding carboxylic acids is 1. The van der Waals surface area contributed by atoms with Gasteiger partial charge in [-0.1, -0.05) is 72.8 Å². The minimum Gasteiger partial charge on any atom is -0.329 e. The van der Waals surface area contributed by atoms with E-state index in [1.54, 1.807) is 12.1 Å². The van der Waals surface area contributed by atoms with E-state index in [0.717, 1.165) is 42.8 Å². The SMILES string of the molecule is C=C(/C=C\C(=C)C(C)CCC)NC=O.CC.CC.CN1Cc2cc(F)cnc2C1. The van der Waals surface area contributed by atoms with Crippen molar-refractivity contribution < 1.29 is 9.18 Å². The van der Waals surface area contributed by atoms with Gasteiger partial charge < -0.3 is 5.32 Å². The maximum absolute atomic E-state index is 12.6. The van der Waals surface area contributed by atoms with Gasteiger partial charge in [0.1, 0.15) is 5.82 Å². The second kappa shape index (κ2) is 17.8. The summed E-state index contributed by atoms with van der Waals surface area (Å²) >= 11 is 0. The Hall–Kier alpha value is -2.27. The molecular weight excluding hydrogens is 365 g/mol. The predicted octanol–water partition coefficient (Wildman–Crippen LogP) is 6.01. The Balaban J connectivity index is 0. The van der Waals surface area contributed by atoms with E-state index in [2.05, 4.69) is 42.2 Å². The maximum Gasteiger partial charge on any atom is 0.211 e. The molecule has 0 aromatic carbocycles. The summed E-state index contributed by atoms with van der Waals surface area (Å²) in [6, 6.07) is 1.56. The van der Waals surface area contributed by atoms with Crippen molar-refractivity contribution in [1.29, 1.82) is 0 Å². The number of nitrogens with one attached hydrogen (secondary N) is 1. The summed E-state index contributed by atoms with van der Waals surface area (Å²) in [5.74, 6) is 0.249. The van der Waals surface area contributed by atoms with Crippen LogP contribution in [0.25, 0.3) is 0 Å². The van der Waals surface area contributed by atoms with Crippen molar-refractivity contribution in [2.24, 2.45) is 5.92 Å². The fraction of sp³-hybridized carbons (Fsp3) is 0.500. The van der Waals surface area contributed by atoms with Crippen LogP contribution in [0.2, 0.25) is 0 Å². The van der Waals surface area contributed by atoms with Gasteiger partial charge in [-0.2, -0.15) is 0 Å². The minimum absolute atomic E-state index is 0.237. The van der Waals surface area contributed by atoms with Gasteiger partial charge in [0.25, 0.3) is 0 Å². The number of pyridine rings is 1. The number of hydrogen-bond acceptors (Lipinski definition) is 3. The summed E-state index contributed by atoms with van der Waals surface area (Å²) in [6.07, 6.45) is 7.85. The third-order valence-corrected chi connectivity index (χ3v) is 3.98. The van der Waals surface area contributed by atoms with Gasteiger partial charge in [-0.15, -0.1) is 0 Å². The summed E-state index contributed by atoms with van der Waals surface area (Å²) in [4.78, 5) is 16.2. The highest BCUT2D eigenvalue weighted by Gasteiger charge is 2.16. The first-order chi connectivity index (χ1) is 13.9. The molecule has 1 aromatic heterocycles. The van der Waals surface area contributed by atoms with E-state index in [9.17, 15) is 9.18 Å². The molecule has 2 rings (SSSR count). The first-order valence-corrected chi connectivity index (χ1v) is 10.4. The van der Waals surface area contributed by atoms with E-state index in [1.165, 1.54) is 6.20 Å². The molecule has 1 aromatic rings. The van der Waals surface area contributed by atoms with Crippen LogP contribution in [-0.2, 0) is 17.9 Å². The number of halogens is 1. The van der Waals surface area contributed by atoms with Crippen LogP contribution in [0.3, 0.4) is 0 Å². The number of aromatic nitrogens is 1. The number of amides is 1. The normalized spacial score (nSPS) is 12.8. The topological polar surface area (TPSA) is 45.2 Å². The Kier molecular flexibility index (Phi) is 17.8. The van der Waals surface area contributed by atoms with Crippen LogP contribution in [0.5, 0.6) is 0 Å². The highest BCUT2D eigenvalue weighted by atomic mass is 19.1. The molecule has 0 saturated heterocycles. The Morgan fingerprint density at radius 2 is 1.90 bits per heavy atom. The van der Waals surface area contributed by atoms with Gasteiger partial charge in [0.2, 0.25) is 6.41 Å². The van der Waals surface area contributed by atoms with E-state index < -0.39 is 0 Å². The number of rotatable bonds is 7. The van der Waals surface area contributed by atoms with Gasteiger partial charge in [-0.3, -0.25) is 14.7 Å². The molecule has 1 atom stereocenters. The predicted molar refractivity (Wildman–Crippen MR) is 123 cm³/mol. The Bertz CT molecular complexity index is 641. The molecule has 2 heterocycles. The van der Waals surface area contributed by atoms with Crippen LogP contribution in [-0.4, -0.2) is 23.3 Å². The molecule has 0 saturated carbocycles. The molecular formula is C24H40FN3O. The molecule has 1 aliphatic rings. The molecule has 1 aliphatic heterocycles. The maximum atomic E-state index is 12.6. The summed E-state index contributed by atoms with van der Waals surface area (Å²) in [5.41, 5.74) is 3.69. The van der Waals surface area contributed by atoms with Gasteiger partial charge in [0.15, 0.2) is 0 Å². The zero-order valence-electron chi connectivity index (χ0n) is 19.4. The molecule has 1 N–H and O–H groups in total. The lowest BCUT2D eigenvalue weighted by molar-refractivity contribution is -0.108. The molecule has 164 valence electrons. The van der Waals surface area contributed by atoms with Crippen LogP contribution < -0.4 is 5.32 Å². The van der Waals surface area contributed by atoms with E-state index in [-0.39, 0.29) is 5.82 Å². The highest BCUT2D eigenvalue weighted by molar-refractivity contribution is 5.51. The largest absolute Gasteiger partial charge is 0.329 e. The highest BCUT2D eigenvalue weighted by Crippen LogP contribution is 2.19. The standard InChI is InChI=1S/C12H19NO.C8H9FN2.2C2H6/c1-5-6-10(2)11(3)7-8-12(4)13-9-14;1-11-4-6-2-7(9)3-10-8(6)5-11;2*1-2/h7-10H,3-6H2,1-2H3,(H,13,14);2-3H,4-5H2,1H3;2*1-2H3/b8-7-;;;. The molecule has 0 fully saturated rings. The number of allylic oxidation sites excluding steroid dienone is 3. The van der Waals surface area contributed by atoms with Crippen LogP contribution in [0.1, 0.15) is 65.6 Å². The minimum atomic E-state index is -0.237. The molecule has 29 heavy (non-hydrogen) atoms. The second-order valence-electron chi connectivity index (χ2n) is 6.32. The molecule has 1 amide bonds. The number of hydrogen-bond donors (Lipinski definition) is 1. The lowest BCUT2D eigenvalue weighted by atomic mass is 9.97. The van der Waals surface area contributed by atoms with Crippen molar-refractivity contribution in [3.8, 4) is 0 Å². The Morgan fingerprint density at radius 1 is 1.28 bits per heavy atom. The second-order valence-corrected chi connectivity index (χ2v) is 6.32. The van der Waals surface area contributed by atoms with Crippen molar-refractivity contribution in [3.63, 3.8) is 0 Å². The third-order valence-electron chi connectivity index (χ3n) is 3.98. The summed E-state index contributed by atoms with van der Waals surface area (Å²) in [7, 11) is 2.00. The average Bonchev–Trinajstić information content (AvgIpc) is 3.09. The van der Waals surface area contributed by atoms with Crippen molar-refractivity contribution in [2.75, 3.05) is 7.05 Å². The van der Waals surface area contributed by atoms with Gasteiger partial charge in [0.05, 0.1) is 11.9 Å². The third kappa shape index (κ3) is 12.7. The first kappa shape index (κ1) is 28.9. The fourth-order valence-corrected chi connectivity index (χ4v) is 2.51.